The first-order valence-electron chi connectivity index (χ1n) is 7.96. The highest BCUT2D eigenvalue weighted by Crippen LogP contribution is 2.37. The number of amides is 1. The van der Waals surface area contributed by atoms with E-state index >= 15 is 0 Å². The Kier molecular flexibility index (Phi) is 3.81. The lowest BCUT2D eigenvalue weighted by atomic mass is 9.76. The number of rotatable bonds is 5. The molecule has 5 nitrogen and oxygen atoms in total. The summed E-state index contributed by atoms with van der Waals surface area (Å²) in [5.74, 6) is -1.09. The third-order valence-corrected chi connectivity index (χ3v) is 5.02. The Bertz CT molecular complexity index is 561. The van der Waals surface area contributed by atoms with Crippen LogP contribution in [0.4, 0.5) is 5.69 Å². The lowest BCUT2D eigenvalue weighted by Gasteiger charge is -2.41. The molecule has 2 saturated carbocycles. The van der Waals surface area contributed by atoms with Crippen molar-refractivity contribution in [1.29, 1.82) is 0 Å². The van der Waals surface area contributed by atoms with Crippen LogP contribution in [-0.2, 0) is 9.59 Å². The highest BCUT2D eigenvalue weighted by atomic mass is 16.4. The Morgan fingerprint density at radius 1 is 0.909 bits per heavy atom. The minimum absolute atomic E-state index is 0.170. The molecule has 0 bridgehead atoms. The van der Waals surface area contributed by atoms with Gasteiger partial charge in [0.05, 0.1) is 0 Å². The summed E-state index contributed by atoms with van der Waals surface area (Å²) in [5, 5.41) is 15.6. The van der Waals surface area contributed by atoms with Gasteiger partial charge >= 0.3 is 5.97 Å². The summed E-state index contributed by atoms with van der Waals surface area (Å²) in [6, 6.07) is 9.65. The Balaban J connectivity index is 1.78. The van der Waals surface area contributed by atoms with Gasteiger partial charge < -0.3 is 15.7 Å². The number of aliphatic carboxylic acids is 1. The minimum Gasteiger partial charge on any atom is -0.480 e. The van der Waals surface area contributed by atoms with Crippen molar-refractivity contribution in [2.24, 2.45) is 0 Å². The molecule has 1 aromatic rings. The Hall–Kier alpha value is -2.04. The second kappa shape index (κ2) is 5.63. The number of carbonyl (C=O) groups excluding carboxylic acids is 1. The van der Waals surface area contributed by atoms with E-state index < -0.39 is 17.0 Å². The van der Waals surface area contributed by atoms with Gasteiger partial charge in [0, 0.05) is 5.69 Å². The average molecular weight is 302 g/mol. The summed E-state index contributed by atoms with van der Waals surface area (Å²) in [6.07, 6.45) is 5.34. The highest BCUT2D eigenvalue weighted by Gasteiger charge is 2.50. The first kappa shape index (κ1) is 14.9. The average Bonchev–Trinajstić information content (AvgIpc) is 2.93. The zero-order valence-electron chi connectivity index (χ0n) is 12.6. The summed E-state index contributed by atoms with van der Waals surface area (Å²) >= 11 is 0. The molecule has 0 atom stereocenters. The van der Waals surface area contributed by atoms with Gasteiger partial charge in [-0.1, -0.05) is 31.0 Å². The maximum Gasteiger partial charge on any atom is 0.329 e. The van der Waals surface area contributed by atoms with E-state index in [1.54, 1.807) is 0 Å². The van der Waals surface area contributed by atoms with E-state index in [2.05, 4.69) is 10.6 Å². The molecule has 2 aliphatic carbocycles. The van der Waals surface area contributed by atoms with E-state index in [9.17, 15) is 14.7 Å². The lowest BCUT2D eigenvalue weighted by Crippen LogP contribution is -2.64. The summed E-state index contributed by atoms with van der Waals surface area (Å²) < 4.78 is 0. The molecule has 118 valence electrons. The molecule has 0 radical (unpaired) electrons. The first-order valence-corrected chi connectivity index (χ1v) is 7.96. The fourth-order valence-electron chi connectivity index (χ4n) is 3.44. The highest BCUT2D eigenvalue weighted by molar-refractivity contribution is 5.94. The van der Waals surface area contributed by atoms with Gasteiger partial charge in [-0.3, -0.25) is 4.79 Å². The van der Waals surface area contributed by atoms with Crippen molar-refractivity contribution in [1.82, 2.24) is 5.32 Å². The predicted octanol–water partition coefficient (Wildman–Crippen LogP) is 2.53. The van der Waals surface area contributed by atoms with Gasteiger partial charge in [0.1, 0.15) is 11.1 Å². The molecule has 1 amide bonds. The largest absolute Gasteiger partial charge is 0.480 e. The SMILES string of the molecule is O=C(O)C1(NC(=O)C2(Nc3ccccc3)CCCC2)CCC1. The van der Waals surface area contributed by atoms with E-state index in [0.717, 1.165) is 37.8 Å². The van der Waals surface area contributed by atoms with Crippen LogP contribution in [0.25, 0.3) is 0 Å². The number of nitrogens with one attached hydrogen (secondary N) is 2. The number of hydrogen-bond donors (Lipinski definition) is 3. The van der Waals surface area contributed by atoms with Crippen molar-refractivity contribution in [3.8, 4) is 0 Å². The first-order chi connectivity index (χ1) is 10.6. The van der Waals surface area contributed by atoms with Gasteiger partial charge in [-0.2, -0.15) is 0 Å². The molecular formula is C17H22N2O3. The van der Waals surface area contributed by atoms with Crippen molar-refractivity contribution in [3.05, 3.63) is 30.3 Å². The van der Waals surface area contributed by atoms with Crippen molar-refractivity contribution < 1.29 is 14.7 Å². The summed E-state index contributed by atoms with van der Waals surface area (Å²) in [7, 11) is 0. The molecule has 3 N–H and O–H groups in total. The van der Waals surface area contributed by atoms with Crippen LogP contribution in [0.2, 0.25) is 0 Å². The van der Waals surface area contributed by atoms with E-state index in [0.29, 0.717) is 12.8 Å². The number of hydrogen-bond acceptors (Lipinski definition) is 3. The monoisotopic (exact) mass is 302 g/mol. The smallest absolute Gasteiger partial charge is 0.329 e. The molecule has 2 aliphatic rings. The summed E-state index contributed by atoms with van der Waals surface area (Å²) in [6.45, 7) is 0. The predicted molar refractivity (Wildman–Crippen MR) is 83.6 cm³/mol. The lowest BCUT2D eigenvalue weighted by molar-refractivity contribution is -0.152. The topological polar surface area (TPSA) is 78.4 Å². The zero-order valence-corrected chi connectivity index (χ0v) is 12.6. The second-order valence-corrected chi connectivity index (χ2v) is 6.48. The maximum atomic E-state index is 12.8. The van der Waals surface area contributed by atoms with Crippen LogP contribution < -0.4 is 10.6 Å². The molecule has 22 heavy (non-hydrogen) atoms. The van der Waals surface area contributed by atoms with Gasteiger partial charge in [-0.05, 0) is 44.2 Å². The number of para-hydroxylation sites is 1. The second-order valence-electron chi connectivity index (χ2n) is 6.48. The molecule has 2 fully saturated rings. The molecule has 0 heterocycles. The van der Waals surface area contributed by atoms with E-state index in [4.69, 9.17) is 0 Å². The van der Waals surface area contributed by atoms with Crippen LogP contribution in [0.1, 0.15) is 44.9 Å². The van der Waals surface area contributed by atoms with E-state index in [1.807, 2.05) is 30.3 Å². The number of benzene rings is 1. The molecule has 0 spiro atoms. The van der Waals surface area contributed by atoms with Crippen molar-refractivity contribution in [3.63, 3.8) is 0 Å². The zero-order chi connectivity index (χ0) is 15.6. The van der Waals surface area contributed by atoms with Gasteiger partial charge in [0.25, 0.3) is 0 Å². The Labute approximate surface area is 130 Å². The van der Waals surface area contributed by atoms with Gasteiger partial charge in [-0.15, -0.1) is 0 Å². The third-order valence-electron chi connectivity index (χ3n) is 5.02. The summed E-state index contributed by atoms with van der Waals surface area (Å²) in [5.41, 5.74) is -0.831. The van der Waals surface area contributed by atoms with Crippen LogP contribution in [0, 0.1) is 0 Å². The standard InChI is InChI=1S/C17H22N2O3/c20-14(19-17(15(21)22)11-6-12-17)16(9-4-5-10-16)18-13-7-2-1-3-8-13/h1-3,7-8,18H,4-6,9-12H2,(H,19,20)(H,21,22). The fraction of sp³-hybridized carbons (Fsp3) is 0.529. The Morgan fingerprint density at radius 2 is 1.50 bits per heavy atom. The normalized spacial score (nSPS) is 21.6. The van der Waals surface area contributed by atoms with Crippen molar-refractivity contribution in [2.45, 2.75) is 56.0 Å². The van der Waals surface area contributed by atoms with Crippen molar-refractivity contribution >= 4 is 17.6 Å². The van der Waals surface area contributed by atoms with Crippen LogP contribution >= 0.6 is 0 Å². The number of carboxylic acid groups (broad SMARTS) is 1. The molecule has 1 aromatic carbocycles. The molecule has 0 unspecified atom stereocenters. The molecule has 3 rings (SSSR count). The van der Waals surface area contributed by atoms with Crippen molar-refractivity contribution in [2.75, 3.05) is 5.32 Å². The molecule has 0 saturated heterocycles. The Morgan fingerprint density at radius 3 is 2.00 bits per heavy atom. The van der Waals surface area contributed by atoms with Crippen LogP contribution in [-0.4, -0.2) is 28.1 Å². The molecule has 0 aliphatic heterocycles. The molecule has 0 aromatic heterocycles. The van der Waals surface area contributed by atoms with E-state index in [-0.39, 0.29) is 5.91 Å². The third kappa shape index (κ3) is 2.56. The number of carboxylic acids is 1. The molecule has 5 heteroatoms. The minimum atomic E-state index is -1.05. The van der Waals surface area contributed by atoms with Gasteiger partial charge in [0.2, 0.25) is 5.91 Å². The van der Waals surface area contributed by atoms with E-state index in [1.165, 1.54) is 0 Å². The number of carbonyl (C=O) groups is 2. The fourth-order valence-corrected chi connectivity index (χ4v) is 3.44. The summed E-state index contributed by atoms with van der Waals surface area (Å²) in [4.78, 5) is 24.3. The van der Waals surface area contributed by atoms with Crippen LogP contribution in [0.15, 0.2) is 30.3 Å². The quantitative estimate of drug-likeness (QED) is 0.781. The van der Waals surface area contributed by atoms with Crippen LogP contribution in [0.3, 0.4) is 0 Å². The van der Waals surface area contributed by atoms with Gasteiger partial charge in [0.15, 0.2) is 0 Å². The molecular weight excluding hydrogens is 280 g/mol. The van der Waals surface area contributed by atoms with Gasteiger partial charge in [-0.25, -0.2) is 4.79 Å². The maximum absolute atomic E-state index is 12.8. The van der Waals surface area contributed by atoms with Crippen LogP contribution in [0.5, 0.6) is 0 Å². The number of anilines is 1.